The van der Waals surface area contributed by atoms with Crippen molar-refractivity contribution in [2.45, 2.75) is 32.0 Å². The monoisotopic (exact) mass is 249 g/mol. The molecule has 1 aromatic carbocycles. The van der Waals surface area contributed by atoms with Gasteiger partial charge in [-0.05, 0) is 24.3 Å². The Morgan fingerprint density at radius 2 is 1.83 bits per heavy atom. The molecule has 0 spiro atoms. The largest absolute Gasteiger partial charge is 0.393 e. The molecule has 1 heterocycles. The molecule has 0 aromatic heterocycles. The van der Waals surface area contributed by atoms with Crippen molar-refractivity contribution in [3.05, 3.63) is 35.9 Å². The van der Waals surface area contributed by atoms with Gasteiger partial charge < -0.3 is 15.1 Å². The maximum Gasteiger partial charge on any atom is 0.0827 e. The second-order valence-electron chi connectivity index (χ2n) is 5.36. The number of hydrogen-bond acceptors (Lipinski definition) is 3. The molecule has 0 bridgehead atoms. The summed E-state index contributed by atoms with van der Waals surface area (Å²) in [6.45, 7) is 4.85. The van der Waals surface area contributed by atoms with Crippen molar-refractivity contribution < 1.29 is 10.2 Å². The molecule has 3 heteroatoms. The van der Waals surface area contributed by atoms with Crippen LogP contribution in [0.1, 0.15) is 31.4 Å². The third-order valence-corrected chi connectivity index (χ3v) is 3.78. The average molecular weight is 249 g/mol. The molecular weight excluding hydrogens is 226 g/mol. The van der Waals surface area contributed by atoms with Crippen molar-refractivity contribution in [3.63, 3.8) is 0 Å². The summed E-state index contributed by atoms with van der Waals surface area (Å²) in [5, 5.41) is 19.8. The zero-order chi connectivity index (χ0) is 13.0. The first-order valence-corrected chi connectivity index (χ1v) is 6.80. The maximum absolute atomic E-state index is 10.3. The molecule has 1 aliphatic rings. The molecule has 1 aromatic rings. The number of hydrogen-bond donors (Lipinski definition) is 2. The fraction of sp³-hybridized carbons (Fsp3) is 0.600. The first-order valence-electron chi connectivity index (χ1n) is 6.80. The maximum atomic E-state index is 10.3. The average Bonchev–Trinajstić information content (AvgIpc) is 2.41. The molecule has 1 aliphatic heterocycles. The van der Waals surface area contributed by atoms with Gasteiger partial charge in [0.2, 0.25) is 0 Å². The van der Waals surface area contributed by atoms with Crippen molar-refractivity contribution in [1.82, 2.24) is 4.90 Å². The van der Waals surface area contributed by atoms with Crippen LogP contribution >= 0.6 is 0 Å². The first kappa shape index (κ1) is 13.5. The SMILES string of the molecule is CC(CN1CCC(O)CC1)C(O)c1ccccc1. The van der Waals surface area contributed by atoms with E-state index in [4.69, 9.17) is 0 Å². The highest BCUT2D eigenvalue weighted by molar-refractivity contribution is 5.17. The van der Waals surface area contributed by atoms with Gasteiger partial charge in [0, 0.05) is 19.6 Å². The minimum absolute atomic E-state index is 0.129. The lowest BCUT2D eigenvalue weighted by molar-refractivity contribution is 0.0486. The zero-order valence-electron chi connectivity index (χ0n) is 11.0. The molecule has 1 fully saturated rings. The standard InChI is InChI=1S/C15H23NO2/c1-12(11-16-9-7-14(17)8-10-16)15(18)13-5-3-2-4-6-13/h2-6,12,14-15,17-18H,7-11H2,1H3. The Balaban J connectivity index is 1.86. The molecule has 2 atom stereocenters. The molecule has 100 valence electrons. The van der Waals surface area contributed by atoms with Crippen LogP contribution in [-0.4, -0.2) is 40.9 Å². The number of nitrogens with zero attached hydrogens (tertiary/aromatic N) is 1. The lowest BCUT2D eigenvalue weighted by atomic mass is 9.96. The van der Waals surface area contributed by atoms with Crippen LogP contribution in [0.5, 0.6) is 0 Å². The van der Waals surface area contributed by atoms with E-state index in [9.17, 15) is 10.2 Å². The number of rotatable bonds is 4. The number of benzene rings is 1. The molecule has 2 rings (SSSR count). The summed E-state index contributed by atoms with van der Waals surface area (Å²) >= 11 is 0. The Kier molecular flexibility index (Phi) is 4.75. The number of likely N-dealkylation sites (tertiary alicyclic amines) is 1. The Hall–Kier alpha value is -0.900. The minimum atomic E-state index is -0.405. The predicted molar refractivity (Wildman–Crippen MR) is 72.2 cm³/mol. The molecule has 0 radical (unpaired) electrons. The van der Waals surface area contributed by atoms with E-state index >= 15 is 0 Å². The minimum Gasteiger partial charge on any atom is -0.393 e. The summed E-state index contributed by atoms with van der Waals surface area (Å²) in [5.41, 5.74) is 0.988. The second-order valence-corrected chi connectivity index (χ2v) is 5.36. The lowest BCUT2D eigenvalue weighted by Crippen LogP contribution is -2.39. The van der Waals surface area contributed by atoms with Gasteiger partial charge in [0.25, 0.3) is 0 Å². The molecule has 0 amide bonds. The van der Waals surface area contributed by atoms with E-state index in [0.29, 0.717) is 0 Å². The van der Waals surface area contributed by atoms with Gasteiger partial charge in [-0.2, -0.15) is 0 Å². The van der Waals surface area contributed by atoms with Crippen LogP contribution in [0.25, 0.3) is 0 Å². The van der Waals surface area contributed by atoms with Crippen molar-refractivity contribution >= 4 is 0 Å². The summed E-state index contributed by atoms with van der Waals surface area (Å²) < 4.78 is 0. The van der Waals surface area contributed by atoms with Gasteiger partial charge in [0.05, 0.1) is 12.2 Å². The van der Waals surface area contributed by atoms with E-state index in [0.717, 1.165) is 38.0 Å². The van der Waals surface area contributed by atoms with Crippen LogP contribution in [0.4, 0.5) is 0 Å². The number of aliphatic hydroxyl groups excluding tert-OH is 2. The summed E-state index contributed by atoms with van der Waals surface area (Å²) in [6, 6.07) is 9.83. The van der Waals surface area contributed by atoms with Crippen molar-refractivity contribution in [3.8, 4) is 0 Å². The van der Waals surface area contributed by atoms with Gasteiger partial charge in [-0.25, -0.2) is 0 Å². The molecule has 18 heavy (non-hydrogen) atoms. The highest BCUT2D eigenvalue weighted by Crippen LogP contribution is 2.23. The van der Waals surface area contributed by atoms with Crippen LogP contribution < -0.4 is 0 Å². The second kappa shape index (κ2) is 6.32. The highest BCUT2D eigenvalue weighted by Gasteiger charge is 2.22. The lowest BCUT2D eigenvalue weighted by Gasteiger charge is -2.32. The Bertz CT molecular complexity index is 347. The Morgan fingerprint density at radius 3 is 2.44 bits per heavy atom. The van der Waals surface area contributed by atoms with E-state index < -0.39 is 6.10 Å². The molecule has 2 N–H and O–H groups in total. The van der Waals surface area contributed by atoms with Crippen LogP contribution in [0, 0.1) is 5.92 Å². The third-order valence-electron chi connectivity index (χ3n) is 3.78. The third kappa shape index (κ3) is 3.55. The summed E-state index contributed by atoms with van der Waals surface area (Å²) in [6.07, 6.45) is 1.18. The molecule has 3 nitrogen and oxygen atoms in total. The molecule has 0 saturated carbocycles. The molecular formula is C15H23NO2. The van der Waals surface area contributed by atoms with Gasteiger partial charge in [0.15, 0.2) is 0 Å². The van der Waals surface area contributed by atoms with E-state index in [1.807, 2.05) is 30.3 Å². The van der Waals surface area contributed by atoms with Crippen molar-refractivity contribution in [2.24, 2.45) is 5.92 Å². The topological polar surface area (TPSA) is 43.7 Å². The number of piperidine rings is 1. The summed E-state index contributed by atoms with van der Waals surface area (Å²) in [4.78, 5) is 2.34. The molecule has 0 aliphatic carbocycles. The quantitative estimate of drug-likeness (QED) is 0.855. The predicted octanol–water partition coefficient (Wildman–Crippen LogP) is 1.81. The molecule has 2 unspecified atom stereocenters. The van der Waals surface area contributed by atoms with Gasteiger partial charge in [-0.3, -0.25) is 0 Å². The van der Waals surface area contributed by atoms with Crippen molar-refractivity contribution in [1.29, 1.82) is 0 Å². The Labute approximate surface area is 109 Å². The highest BCUT2D eigenvalue weighted by atomic mass is 16.3. The van der Waals surface area contributed by atoms with Gasteiger partial charge in [-0.15, -0.1) is 0 Å². The van der Waals surface area contributed by atoms with Crippen LogP contribution in [0.3, 0.4) is 0 Å². The van der Waals surface area contributed by atoms with Gasteiger partial charge in [-0.1, -0.05) is 37.3 Å². The zero-order valence-corrected chi connectivity index (χ0v) is 11.0. The van der Waals surface area contributed by atoms with E-state index in [-0.39, 0.29) is 12.0 Å². The van der Waals surface area contributed by atoms with Crippen molar-refractivity contribution in [2.75, 3.05) is 19.6 Å². The van der Waals surface area contributed by atoms with Gasteiger partial charge >= 0.3 is 0 Å². The normalized spacial score (nSPS) is 21.7. The summed E-state index contributed by atoms with van der Waals surface area (Å²) in [5.74, 6) is 0.211. The summed E-state index contributed by atoms with van der Waals surface area (Å²) in [7, 11) is 0. The smallest absolute Gasteiger partial charge is 0.0827 e. The number of aliphatic hydroxyl groups is 2. The molecule has 1 saturated heterocycles. The van der Waals surface area contributed by atoms with Crippen LogP contribution in [0.15, 0.2) is 30.3 Å². The van der Waals surface area contributed by atoms with E-state index in [1.54, 1.807) is 0 Å². The Morgan fingerprint density at radius 1 is 1.22 bits per heavy atom. The van der Waals surface area contributed by atoms with E-state index in [1.165, 1.54) is 0 Å². The van der Waals surface area contributed by atoms with E-state index in [2.05, 4.69) is 11.8 Å². The van der Waals surface area contributed by atoms with Crippen LogP contribution in [-0.2, 0) is 0 Å². The fourth-order valence-corrected chi connectivity index (χ4v) is 2.59. The fourth-order valence-electron chi connectivity index (χ4n) is 2.59. The first-order chi connectivity index (χ1) is 8.66. The van der Waals surface area contributed by atoms with Gasteiger partial charge in [0.1, 0.15) is 0 Å². The van der Waals surface area contributed by atoms with Crippen LogP contribution in [0.2, 0.25) is 0 Å².